The minimum atomic E-state index is 0.866. The SMILES string of the molecule is CN(c1ccc(-c2cccc3oc4c(c5ccccc5n4-c4ccccc4)c23)cc1)c1cccc2c1oc1ccccc12. The molecule has 0 amide bonds. The van der Waals surface area contributed by atoms with E-state index in [1.807, 2.05) is 18.2 Å². The highest BCUT2D eigenvalue weighted by Crippen LogP contribution is 2.43. The van der Waals surface area contributed by atoms with Crippen LogP contribution in [0, 0.1) is 0 Å². The quantitative estimate of drug-likeness (QED) is 0.217. The third-order valence-electron chi connectivity index (χ3n) is 8.64. The fourth-order valence-electron chi connectivity index (χ4n) is 6.61. The topological polar surface area (TPSA) is 34.5 Å². The molecule has 3 aromatic heterocycles. The van der Waals surface area contributed by atoms with Gasteiger partial charge in [0.15, 0.2) is 5.58 Å². The van der Waals surface area contributed by atoms with E-state index in [0.29, 0.717) is 0 Å². The molecule has 6 aromatic carbocycles. The van der Waals surface area contributed by atoms with Gasteiger partial charge in [-0.05, 0) is 59.7 Å². The lowest BCUT2D eigenvalue weighted by Crippen LogP contribution is -2.09. The minimum Gasteiger partial charge on any atom is -0.454 e. The molecular formula is C39H26N2O2. The maximum absolute atomic E-state index is 6.62. The molecule has 0 atom stereocenters. The second kappa shape index (κ2) is 9.13. The van der Waals surface area contributed by atoms with Crippen molar-refractivity contribution in [2.45, 2.75) is 0 Å². The van der Waals surface area contributed by atoms with Crippen LogP contribution in [0.15, 0.2) is 148 Å². The monoisotopic (exact) mass is 554 g/mol. The van der Waals surface area contributed by atoms with Gasteiger partial charge in [-0.3, -0.25) is 4.57 Å². The van der Waals surface area contributed by atoms with Crippen LogP contribution in [0.5, 0.6) is 0 Å². The van der Waals surface area contributed by atoms with E-state index < -0.39 is 0 Å². The zero-order chi connectivity index (χ0) is 28.5. The first-order valence-electron chi connectivity index (χ1n) is 14.5. The molecule has 0 aliphatic carbocycles. The van der Waals surface area contributed by atoms with E-state index >= 15 is 0 Å². The number of benzene rings is 6. The number of anilines is 2. The Morgan fingerprint density at radius 2 is 1.23 bits per heavy atom. The van der Waals surface area contributed by atoms with Crippen molar-refractivity contribution in [3.63, 3.8) is 0 Å². The second-order valence-electron chi connectivity index (χ2n) is 11.0. The van der Waals surface area contributed by atoms with Crippen LogP contribution in [0.3, 0.4) is 0 Å². The number of furan rings is 2. The Morgan fingerprint density at radius 3 is 2.09 bits per heavy atom. The van der Waals surface area contributed by atoms with Crippen molar-refractivity contribution < 1.29 is 8.83 Å². The van der Waals surface area contributed by atoms with Gasteiger partial charge in [-0.25, -0.2) is 0 Å². The molecule has 204 valence electrons. The van der Waals surface area contributed by atoms with Crippen molar-refractivity contribution in [3.8, 4) is 16.8 Å². The predicted molar refractivity (Wildman–Crippen MR) is 178 cm³/mol. The van der Waals surface area contributed by atoms with Gasteiger partial charge < -0.3 is 13.7 Å². The van der Waals surface area contributed by atoms with Gasteiger partial charge in [0.2, 0.25) is 5.71 Å². The van der Waals surface area contributed by atoms with Crippen LogP contribution in [0.25, 0.3) is 71.7 Å². The Labute approximate surface area is 247 Å². The molecule has 0 saturated carbocycles. The molecule has 43 heavy (non-hydrogen) atoms. The van der Waals surface area contributed by atoms with E-state index in [4.69, 9.17) is 8.83 Å². The fourth-order valence-corrected chi connectivity index (χ4v) is 6.61. The number of hydrogen-bond acceptors (Lipinski definition) is 3. The van der Waals surface area contributed by atoms with Crippen molar-refractivity contribution in [1.82, 2.24) is 4.57 Å². The normalized spacial score (nSPS) is 11.8. The van der Waals surface area contributed by atoms with Crippen LogP contribution in [-0.4, -0.2) is 11.6 Å². The Hall–Kier alpha value is -5.74. The lowest BCUT2D eigenvalue weighted by atomic mass is 9.99. The van der Waals surface area contributed by atoms with E-state index in [2.05, 4.69) is 138 Å². The maximum Gasteiger partial charge on any atom is 0.213 e. The van der Waals surface area contributed by atoms with Gasteiger partial charge in [0.1, 0.15) is 11.2 Å². The molecule has 4 heteroatoms. The predicted octanol–water partition coefficient (Wildman–Crippen LogP) is 10.9. The molecule has 4 nitrogen and oxygen atoms in total. The first-order chi connectivity index (χ1) is 21.3. The molecule has 0 aliphatic heterocycles. The summed E-state index contributed by atoms with van der Waals surface area (Å²) in [4.78, 5) is 2.19. The molecule has 0 radical (unpaired) electrons. The Morgan fingerprint density at radius 1 is 0.535 bits per heavy atom. The standard InChI is InChI=1S/C39H26N2O2/c1-40(33-18-9-16-30-29-13-6-8-19-34(29)42-38(30)33)26-23-21-25(22-24-26)28-15-10-20-35-36(28)37-31-14-5-7-17-32(31)41(39(37)43-35)27-11-3-2-4-12-27/h2-24H,1H3. The van der Waals surface area contributed by atoms with Crippen molar-refractivity contribution in [3.05, 3.63) is 140 Å². The van der Waals surface area contributed by atoms with Gasteiger partial charge in [-0.2, -0.15) is 0 Å². The molecule has 9 rings (SSSR count). The van der Waals surface area contributed by atoms with Crippen molar-refractivity contribution >= 4 is 66.3 Å². The van der Waals surface area contributed by atoms with Crippen molar-refractivity contribution in [1.29, 1.82) is 0 Å². The Balaban J connectivity index is 1.18. The zero-order valence-corrected chi connectivity index (χ0v) is 23.5. The van der Waals surface area contributed by atoms with E-state index in [1.54, 1.807) is 0 Å². The van der Waals surface area contributed by atoms with E-state index in [0.717, 1.165) is 77.7 Å². The molecule has 0 aliphatic rings. The number of rotatable bonds is 4. The molecule has 3 heterocycles. The molecular weight excluding hydrogens is 528 g/mol. The third-order valence-corrected chi connectivity index (χ3v) is 8.64. The summed E-state index contributed by atoms with van der Waals surface area (Å²) >= 11 is 0. The average molecular weight is 555 g/mol. The molecule has 9 aromatic rings. The summed E-state index contributed by atoms with van der Waals surface area (Å²) in [5.74, 6) is 0. The maximum atomic E-state index is 6.62. The third kappa shape index (κ3) is 3.50. The Kier molecular flexibility index (Phi) is 5.08. The summed E-state index contributed by atoms with van der Waals surface area (Å²) in [7, 11) is 2.09. The van der Waals surface area contributed by atoms with Crippen LogP contribution in [-0.2, 0) is 0 Å². The van der Waals surface area contributed by atoms with Crippen molar-refractivity contribution in [2.75, 3.05) is 11.9 Å². The first kappa shape index (κ1) is 23.9. The van der Waals surface area contributed by atoms with E-state index in [9.17, 15) is 0 Å². The molecule has 0 bridgehead atoms. The average Bonchev–Trinajstić information content (AvgIpc) is 3.73. The summed E-state index contributed by atoms with van der Waals surface area (Å²) in [6, 6.07) is 48.6. The van der Waals surface area contributed by atoms with E-state index in [-0.39, 0.29) is 0 Å². The summed E-state index contributed by atoms with van der Waals surface area (Å²) < 4.78 is 15.2. The van der Waals surface area contributed by atoms with Gasteiger partial charge in [0, 0.05) is 40.0 Å². The minimum absolute atomic E-state index is 0.866. The lowest BCUT2D eigenvalue weighted by Gasteiger charge is -2.20. The fraction of sp³-hybridized carbons (Fsp3) is 0.0256. The van der Waals surface area contributed by atoms with Crippen LogP contribution < -0.4 is 4.90 Å². The van der Waals surface area contributed by atoms with Gasteiger partial charge in [0.05, 0.1) is 16.6 Å². The van der Waals surface area contributed by atoms with Crippen LogP contribution >= 0.6 is 0 Å². The molecule has 0 N–H and O–H groups in total. The largest absolute Gasteiger partial charge is 0.454 e. The Bertz CT molecular complexity index is 2460. The number of nitrogens with zero attached hydrogens (tertiary/aromatic N) is 2. The van der Waals surface area contributed by atoms with Gasteiger partial charge >= 0.3 is 0 Å². The summed E-state index contributed by atoms with van der Waals surface area (Å²) in [5.41, 5.74) is 10.2. The molecule has 0 unspecified atom stereocenters. The highest BCUT2D eigenvalue weighted by molar-refractivity contribution is 6.23. The highest BCUT2D eigenvalue weighted by atomic mass is 16.3. The second-order valence-corrected chi connectivity index (χ2v) is 11.0. The van der Waals surface area contributed by atoms with Crippen LogP contribution in [0.4, 0.5) is 11.4 Å². The van der Waals surface area contributed by atoms with Gasteiger partial charge in [-0.1, -0.05) is 91.0 Å². The molecule has 0 saturated heterocycles. The highest BCUT2D eigenvalue weighted by Gasteiger charge is 2.21. The van der Waals surface area contributed by atoms with Crippen LogP contribution in [0.2, 0.25) is 0 Å². The summed E-state index contributed by atoms with van der Waals surface area (Å²) in [5, 5.41) is 5.72. The number of aromatic nitrogens is 1. The van der Waals surface area contributed by atoms with Crippen LogP contribution in [0.1, 0.15) is 0 Å². The number of para-hydroxylation sites is 4. The van der Waals surface area contributed by atoms with Crippen molar-refractivity contribution in [2.24, 2.45) is 0 Å². The summed E-state index contributed by atoms with van der Waals surface area (Å²) in [6.07, 6.45) is 0. The molecule has 0 spiro atoms. The van der Waals surface area contributed by atoms with Gasteiger partial charge in [0.25, 0.3) is 0 Å². The number of hydrogen-bond donors (Lipinski definition) is 0. The molecule has 0 fully saturated rings. The van der Waals surface area contributed by atoms with E-state index in [1.165, 1.54) is 5.39 Å². The first-order valence-corrected chi connectivity index (χ1v) is 14.5. The summed E-state index contributed by atoms with van der Waals surface area (Å²) in [6.45, 7) is 0. The zero-order valence-electron chi connectivity index (χ0n) is 23.5. The lowest BCUT2D eigenvalue weighted by molar-refractivity contribution is 0.645. The van der Waals surface area contributed by atoms with Gasteiger partial charge in [-0.15, -0.1) is 0 Å². The number of fused-ring (bicyclic) bond motifs is 8. The smallest absolute Gasteiger partial charge is 0.213 e.